The first-order chi connectivity index (χ1) is 11.2. The lowest BCUT2D eigenvalue weighted by molar-refractivity contribution is 0.0307. The monoisotopic (exact) mass is 319 g/mol. The van der Waals surface area contributed by atoms with Crippen LogP contribution in [0.3, 0.4) is 0 Å². The summed E-state index contributed by atoms with van der Waals surface area (Å²) < 4.78 is 21.6. The van der Waals surface area contributed by atoms with E-state index >= 15 is 0 Å². The van der Waals surface area contributed by atoms with Gasteiger partial charge >= 0.3 is 0 Å². The number of methoxy groups -OCH3 is 2. The van der Waals surface area contributed by atoms with E-state index in [0.29, 0.717) is 36.2 Å². The summed E-state index contributed by atoms with van der Waals surface area (Å²) in [6.07, 6.45) is 2.28. The van der Waals surface area contributed by atoms with E-state index in [0.717, 1.165) is 18.4 Å². The zero-order valence-electron chi connectivity index (χ0n) is 13.3. The average molecular weight is 319 g/mol. The molecular formula is C16H21N3O4. The molecule has 7 nitrogen and oxygen atoms in total. The van der Waals surface area contributed by atoms with Gasteiger partial charge in [-0.05, 0) is 30.5 Å². The largest absolute Gasteiger partial charge is 0.493 e. The smallest absolute Gasteiger partial charge is 0.255 e. The number of nitrogens with two attached hydrogens (primary N) is 1. The second kappa shape index (κ2) is 6.97. The van der Waals surface area contributed by atoms with Crippen molar-refractivity contribution in [1.82, 2.24) is 10.1 Å². The van der Waals surface area contributed by atoms with Crippen molar-refractivity contribution in [3.05, 3.63) is 35.5 Å². The highest BCUT2D eigenvalue weighted by Gasteiger charge is 2.29. The van der Waals surface area contributed by atoms with E-state index < -0.39 is 0 Å². The van der Waals surface area contributed by atoms with Gasteiger partial charge in [-0.1, -0.05) is 11.2 Å². The van der Waals surface area contributed by atoms with E-state index in [4.69, 9.17) is 24.5 Å². The Kier molecular flexibility index (Phi) is 4.78. The van der Waals surface area contributed by atoms with Crippen LogP contribution in [0.25, 0.3) is 0 Å². The quantitative estimate of drug-likeness (QED) is 0.868. The van der Waals surface area contributed by atoms with E-state index in [1.807, 2.05) is 18.2 Å². The molecule has 2 aromatic rings. The molecule has 2 heterocycles. The maximum Gasteiger partial charge on any atom is 0.255 e. The number of rotatable bonds is 6. The number of benzene rings is 1. The summed E-state index contributed by atoms with van der Waals surface area (Å²) in [5.74, 6) is 2.51. The van der Waals surface area contributed by atoms with Gasteiger partial charge in [-0.2, -0.15) is 4.98 Å². The summed E-state index contributed by atoms with van der Waals surface area (Å²) in [7, 11) is 3.22. The van der Waals surface area contributed by atoms with Gasteiger partial charge in [0.25, 0.3) is 5.89 Å². The van der Waals surface area contributed by atoms with Crippen molar-refractivity contribution in [3.63, 3.8) is 0 Å². The second-order valence-corrected chi connectivity index (χ2v) is 5.47. The van der Waals surface area contributed by atoms with Crippen LogP contribution in [0.4, 0.5) is 0 Å². The van der Waals surface area contributed by atoms with E-state index in [1.165, 1.54) is 0 Å². The van der Waals surface area contributed by atoms with Gasteiger partial charge in [0.1, 0.15) is 6.10 Å². The first-order valence-corrected chi connectivity index (χ1v) is 7.62. The lowest BCUT2D eigenvalue weighted by atomic mass is 10.1. The molecule has 0 amide bonds. The molecule has 23 heavy (non-hydrogen) atoms. The van der Waals surface area contributed by atoms with Crippen LogP contribution in [0.5, 0.6) is 11.5 Å². The lowest BCUT2D eigenvalue weighted by Crippen LogP contribution is -2.18. The van der Waals surface area contributed by atoms with Crippen molar-refractivity contribution >= 4 is 0 Å². The van der Waals surface area contributed by atoms with Gasteiger partial charge in [0.2, 0.25) is 0 Å². The predicted octanol–water partition coefficient (Wildman–Crippen LogP) is 1.86. The summed E-state index contributed by atoms with van der Waals surface area (Å²) in [6.45, 7) is 0.517. The molecule has 0 spiro atoms. The van der Waals surface area contributed by atoms with Crippen LogP contribution < -0.4 is 15.2 Å². The van der Waals surface area contributed by atoms with Crippen LogP contribution in [0.15, 0.2) is 22.7 Å². The van der Waals surface area contributed by atoms with Crippen LogP contribution >= 0.6 is 0 Å². The van der Waals surface area contributed by atoms with Crippen molar-refractivity contribution < 1.29 is 18.7 Å². The Morgan fingerprint density at radius 2 is 2.04 bits per heavy atom. The summed E-state index contributed by atoms with van der Waals surface area (Å²) in [4.78, 5) is 4.44. The average Bonchev–Trinajstić information content (AvgIpc) is 3.23. The number of aromatic nitrogens is 2. The molecule has 0 saturated carbocycles. The maximum absolute atomic E-state index is 5.77. The highest BCUT2D eigenvalue weighted by Crippen LogP contribution is 2.32. The van der Waals surface area contributed by atoms with Gasteiger partial charge in [0, 0.05) is 13.0 Å². The second-order valence-electron chi connectivity index (χ2n) is 5.47. The molecule has 1 aromatic heterocycles. The molecule has 2 N–H and O–H groups in total. The topological polar surface area (TPSA) is 92.6 Å². The molecule has 1 aliphatic rings. The Morgan fingerprint density at radius 3 is 2.74 bits per heavy atom. The highest BCUT2D eigenvalue weighted by molar-refractivity contribution is 5.43. The Balaban J connectivity index is 1.69. The summed E-state index contributed by atoms with van der Waals surface area (Å²) in [5, 5.41) is 4.04. The van der Waals surface area contributed by atoms with Gasteiger partial charge in [0.05, 0.1) is 20.3 Å². The molecule has 7 heteroatoms. The number of ether oxygens (including phenoxy) is 3. The summed E-state index contributed by atoms with van der Waals surface area (Å²) in [5.41, 5.74) is 6.63. The summed E-state index contributed by atoms with van der Waals surface area (Å²) >= 11 is 0. The molecule has 2 unspecified atom stereocenters. The Bertz CT molecular complexity index is 659. The fourth-order valence-electron chi connectivity index (χ4n) is 2.70. The highest BCUT2D eigenvalue weighted by atomic mass is 16.5. The minimum Gasteiger partial charge on any atom is -0.493 e. The minimum atomic E-state index is -0.143. The van der Waals surface area contributed by atoms with Crippen molar-refractivity contribution in [2.45, 2.75) is 31.5 Å². The van der Waals surface area contributed by atoms with Crippen molar-refractivity contribution in [2.24, 2.45) is 5.73 Å². The zero-order chi connectivity index (χ0) is 16.2. The first kappa shape index (κ1) is 15.8. The molecule has 1 aromatic carbocycles. The van der Waals surface area contributed by atoms with E-state index in [2.05, 4.69) is 10.1 Å². The SMILES string of the molecule is COc1ccc(Cc2noc(C3CCC(CN)O3)n2)cc1OC. The van der Waals surface area contributed by atoms with Gasteiger partial charge in [0.15, 0.2) is 17.3 Å². The van der Waals surface area contributed by atoms with Gasteiger partial charge in [-0.15, -0.1) is 0 Å². The molecule has 1 saturated heterocycles. The molecule has 1 fully saturated rings. The predicted molar refractivity (Wildman–Crippen MR) is 82.6 cm³/mol. The Hall–Kier alpha value is -2.12. The van der Waals surface area contributed by atoms with Crippen molar-refractivity contribution in [1.29, 1.82) is 0 Å². The molecule has 2 atom stereocenters. The summed E-state index contributed by atoms with van der Waals surface area (Å²) in [6, 6.07) is 5.72. The Morgan fingerprint density at radius 1 is 1.22 bits per heavy atom. The third-order valence-corrected chi connectivity index (χ3v) is 3.94. The number of nitrogens with zero attached hydrogens (tertiary/aromatic N) is 2. The minimum absolute atomic E-state index is 0.0844. The van der Waals surface area contributed by atoms with Crippen LogP contribution in [0, 0.1) is 0 Å². The fourth-order valence-corrected chi connectivity index (χ4v) is 2.70. The van der Waals surface area contributed by atoms with E-state index in [1.54, 1.807) is 14.2 Å². The van der Waals surface area contributed by atoms with Gasteiger partial charge in [-0.25, -0.2) is 0 Å². The van der Waals surface area contributed by atoms with Crippen molar-refractivity contribution in [3.8, 4) is 11.5 Å². The molecule has 1 aliphatic heterocycles. The zero-order valence-corrected chi connectivity index (χ0v) is 13.3. The van der Waals surface area contributed by atoms with Crippen LogP contribution in [-0.4, -0.2) is 37.0 Å². The number of hydrogen-bond donors (Lipinski definition) is 1. The van der Waals surface area contributed by atoms with Gasteiger partial charge < -0.3 is 24.5 Å². The molecule has 124 valence electrons. The van der Waals surface area contributed by atoms with Crippen LogP contribution in [-0.2, 0) is 11.2 Å². The molecule has 0 bridgehead atoms. The fraction of sp³-hybridized carbons (Fsp3) is 0.500. The molecule has 0 aliphatic carbocycles. The van der Waals surface area contributed by atoms with E-state index in [-0.39, 0.29) is 12.2 Å². The normalized spacial score (nSPS) is 20.7. The van der Waals surface area contributed by atoms with E-state index in [9.17, 15) is 0 Å². The standard InChI is InChI=1S/C16H21N3O4/c1-20-12-5-3-10(7-14(12)21-2)8-15-18-16(23-19-15)13-6-4-11(9-17)22-13/h3,5,7,11,13H,4,6,8-9,17H2,1-2H3. The van der Waals surface area contributed by atoms with Crippen LogP contribution in [0.1, 0.15) is 36.2 Å². The van der Waals surface area contributed by atoms with Crippen molar-refractivity contribution in [2.75, 3.05) is 20.8 Å². The maximum atomic E-state index is 5.77. The number of hydrogen-bond acceptors (Lipinski definition) is 7. The van der Waals surface area contributed by atoms with Crippen LogP contribution in [0.2, 0.25) is 0 Å². The van der Waals surface area contributed by atoms with Gasteiger partial charge in [-0.3, -0.25) is 0 Å². The molecule has 3 rings (SSSR count). The lowest BCUT2D eigenvalue weighted by Gasteiger charge is -2.08. The third kappa shape index (κ3) is 3.46. The first-order valence-electron chi connectivity index (χ1n) is 7.62. The Labute approximate surface area is 134 Å². The molecule has 0 radical (unpaired) electrons. The third-order valence-electron chi connectivity index (χ3n) is 3.94. The molecular weight excluding hydrogens is 298 g/mol.